The summed E-state index contributed by atoms with van der Waals surface area (Å²) in [4.78, 5) is 10.1. The lowest BCUT2D eigenvalue weighted by atomic mass is 9.95. The van der Waals surface area contributed by atoms with Gasteiger partial charge in [0.25, 0.3) is 0 Å². The number of aromatic nitrogens is 1. The number of anilines is 1. The molecule has 2 heterocycles. The lowest BCUT2D eigenvalue weighted by molar-refractivity contribution is 0.201. The van der Waals surface area contributed by atoms with Gasteiger partial charge >= 0.3 is 0 Å². The Bertz CT molecular complexity index is 1900. The third kappa shape index (κ3) is 6.84. The van der Waals surface area contributed by atoms with E-state index in [4.69, 9.17) is 4.98 Å². The van der Waals surface area contributed by atoms with Crippen LogP contribution in [0.5, 0.6) is 0 Å². The zero-order valence-corrected chi connectivity index (χ0v) is 29.9. The van der Waals surface area contributed by atoms with Crippen LogP contribution in [0.25, 0.3) is 22.4 Å². The van der Waals surface area contributed by atoms with Crippen LogP contribution in [0.15, 0.2) is 85.1 Å². The first-order valence-electron chi connectivity index (χ1n) is 18.0. The van der Waals surface area contributed by atoms with Crippen molar-refractivity contribution in [1.29, 1.82) is 0 Å². The van der Waals surface area contributed by atoms with Gasteiger partial charge in [0, 0.05) is 49.7 Å². The molecule has 0 spiro atoms. The molecule has 4 aromatic carbocycles. The van der Waals surface area contributed by atoms with Crippen molar-refractivity contribution < 1.29 is 0 Å². The van der Waals surface area contributed by atoms with Crippen molar-refractivity contribution in [1.82, 2.24) is 9.88 Å². The zero-order chi connectivity index (χ0) is 33.4. The summed E-state index contributed by atoms with van der Waals surface area (Å²) in [5.74, 6) is 0. The molecule has 246 valence electrons. The van der Waals surface area contributed by atoms with Crippen molar-refractivity contribution >= 4 is 5.69 Å². The topological polar surface area (TPSA) is 19.4 Å². The Labute approximate surface area is 288 Å². The number of aryl methyl sites for hydroxylation is 6. The molecule has 0 saturated carbocycles. The molecule has 1 aliphatic heterocycles. The highest BCUT2D eigenvalue weighted by Gasteiger charge is 2.26. The number of benzene rings is 4. The molecule has 0 N–H and O–H groups in total. The number of likely N-dealkylation sites (tertiary alicyclic amines) is 1. The highest BCUT2D eigenvalue weighted by Crippen LogP contribution is 2.33. The summed E-state index contributed by atoms with van der Waals surface area (Å²) in [6.07, 6.45) is 8.06. The average Bonchev–Trinajstić information content (AvgIpc) is 3.57. The first-order chi connectivity index (χ1) is 23.2. The number of piperidine rings is 1. The maximum absolute atomic E-state index is 4.76. The number of pyridine rings is 1. The summed E-state index contributed by atoms with van der Waals surface area (Å²) >= 11 is 0. The van der Waals surface area contributed by atoms with Crippen LogP contribution in [0.1, 0.15) is 74.9 Å². The predicted molar refractivity (Wildman–Crippen MR) is 203 cm³/mol. The lowest BCUT2D eigenvalue weighted by Gasteiger charge is -2.40. The lowest BCUT2D eigenvalue weighted by Crippen LogP contribution is -2.44. The molecule has 2 aliphatic rings. The molecular weight excluding hydrogens is 583 g/mol. The molecule has 0 radical (unpaired) electrons. The van der Waals surface area contributed by atoms with Crippen molar-refractivity contribution in [2.24, 2.45) is 0 Å². The molecule has 0 atom stereocenters. The van der Waals surface area contributed by atoms with E-state index in [1.54, 1.807) is 11.1 Å². The molecule has 48 heavy (non-hydrogen) atoms. The van der Waals surface area contributed by atoms with Gasteiger partial charge in [-0.1, -0.05) is 36.4 Å². The van der Waals surface area contributed by atoms with Crippen LogP contribution < -0.4 is 4.90 Å². The average molecular weight is 634 g/mol. The second kappa shape index (κ2) is 13.7. The van der Waals surface area contributed by atoms with Crippen molar-refractivity contribution in [3.63, 3.8) is 0 Å². The van der Waals surface area contributed by atoms with E-state index in [2.05, 4.69) is 130 Å². The minimum Gasteiger partial charge on any atom is -0.364 e. The molecule has 5 aromatic rings. The van der Waals surface area contributed by atoms with E-state index < -0.39 is 0 Å². The van der Waals surface area contributed by atoms with Gasteiger partial charge in [-0.3, -0.25) is 9.88 Å². The smallest absolute Gasteiger partial charge is 0.0705 e. The number of hydrogen-bond acceptors (Lipinski definition) is 3. The third-order valence-electron chi connectivity index (χ3n) is 11.4. The standard InChI is InChI=1S/C45H51N3/c1-30-21-41(22-31(2)34(30)5)39-11-7-9-36(25-39)29-48(44-14-13-38-10-8-12-40(38)27-44)43-16-19-47(20-17-43)28-37-15-18-46-45(26-37)42-23-32(3)35(6)33(4)24-42/h7,9,11,13-15,18,21-27,43H,8,10,12,16-17,19-20,28-29H2,1-6H3. The van der Waals surface area contributed by atoms with Gasteiger partial charge in [0.1, 0.15) is 0 Å². The van der Waals surface area contributed by atoms with E-state index >= 15 is 0 Å². The third-order valence-corrected chi connectivity index (χ3v) is 11.4. The van der Waals surface area contributed by atoms with Crippen molar-refractivity contribution in [2.75, 3.05) is 18.0 Å². The predicted octanol–water partition coefficient (Wildman–Crippen LogP) is 10.4. The molecule has 1 saturated heterocycles. The maximum atomic E-state index is 4.76. The molecule has 0 unspecified atom stereocenters. The fourth-order valence-corrected chi connectivity index (χ4v) is 7.98. The fraction of sp³-hybridized carbons (Fsp3) is 0.356. The molecule has 0 bridgehead atoms. The van der Waals surface area contributed by atoms with E-state index in [-0.39, 0.29) is 0 Å². The monoisotopic (exact) mass is 633 g/mol. The van der Waals surface area contributed by atoms with E-state index in [1.165, 1.54) is 99.0 Å². The van der Waals surface area contributed by atoms with Crippen LogP contribution >= 0.6 is 0 Å². The summed E-state index contributed by atoms with van der Waals surface area (Å²) in [5.41, 5.74) is 20.3. The first kappa shape index (κ1) is 32.3. The van der Waals surface area contributed by atoms with Gasteiger partial charge in [0.2, 0.25) is 0 Å². The summed E-state index contributed by atoms with van der Waals surface area (Å²) < 4.78 is 0. The maximum Gasteiger partial charge on any atom is 0.0705 e. The van der Waals surface area contributed by atoms with Crippen LogP contribution in [-0.2, 0) is 25.9 Å². The SMILES string of the molecule is Cc1cc(-c2cccc(CN(c3ccc4c(c3)CCC4)C3CCN(Cc4ccnc(-c5cc(C)c(C)c(C)c5)c4)CC3)c2)cc(C)c1C. The molecule has 3 nitrogen and oxygen atoms in total. The Morgan fingerprint density at radius 2 is 1.31 bits per heavy atom. The molecule has 0 amide bonds. The molecule has 1 aromatic heterocycles. The van der Waals surface area contributed by atoms with Gasteiger partial charge in [0.15, 0.2) is 0 Å². The van der Waals surface area contributed by atoms with Crippen LogP contribution in [-0.4, -0.2) is 29.0 Å². The number of rotatable bonds is 8. The minimum absolute atomic E-state index is 0.514. The van der Waals surface area contributed by atoms with E-state index in [1.807, 2.05) is 6.20 Å². The van der Waals surface area contributed by atoms with E-state index in [9.17, 15) is 0 Å². The summed E-state index contributed by atoms with van der Waals surface area (Å²) in [7, 11) is 0. The molecular formula is C45H51N3. The summed E-state index contributed by atoms with van der Waals surface area (Å²) in [5, 5.41) is 0. The largest absolute Gasteiger partial charge is 0.364 e. The fourth-order valence-electron chi connectivity index (χ4n) is 7.98. The Morgan fingerprint density at radius 3 is 2.02 bits per heavy atom. The van der Waals surface area contributed by atoms with Gasteiger partial charge in [0.05, 0.1) is 5.69 Å². The highest BCUT2D eigenvalue weighted by atomic mass is 15.2. The summed E-state index contributed by atoms with van der Waals surface area (Å²) in [6.45, 7) is 17.4. The number of hydrogen-bond donors (Lipinski definition) is 0. The van der Waals surface area contributed by atoms with E-state index in [0.29, 0.717) is 6.04 Å². The van der Waals surface area contributed by atoms with Crippen LogP contribution in [0.4, 0.5) is 5.69 Å². The van der Waals surface area contributed by atoms with Crippen LogP contribution in [0.2, 0.25) is 0 Å². The van der Waals surface area contributed by atoms with Gasteiger partial charge in [-0.25, -0.2) is 0 Å². The Hall–Kier alpha value is -4.21. The second-order valence-corrected chi connectivity index (χ2v) is 14.7. The molecule has 1 fully saturated rings. The van der Waals surface area contributed by atoms with Crippen LogP contribution in [0.3, 0.4) is 0 Å². The number of fused-ring (bicyclic) bond motifs is 1. The second-order valence-electron chi connectivity index (χ2n) is 14.7. The van der Waals surface area contributed by atoms with Gasteiger partial charge in [-0.05, 0) is 183 Å². The molecule has 7 rings (SSSR count). The summed E-state index contributed by atoms with van der Waals surface area (Å²) in [6, 6.07) is 30.9. The highest BCUT2D eigenvalue weighted by molar-refractivity contribution is 5.67. The van der Waals surface area contributed by atoms with Gasteiger partial charge < -0.3 is 4.90 Å². The number of nitrogens with zero attached hydrogens (tertiary/aromatic N) is 3. The van der Waals surface area contributed by atoms with E-state index in [0.717, 1.165) is 31.9 Å². The van der Waals surface area contributed by atoms with Crippen molar-refractivity contribution in [3.8, 4) is 22.4 Å². The van der Waals surface area contributed by atoms with Crippen LogP contribution in [0, 0.1) is 41.5 Å². The molecule has 1 aliphatic carbocycles. The van der Waals surface area contributed by atoms with Crippen molar-refractivity contribution in [2.45, 2.75) is 92.8 Å². The van der Waals surface area contributed by atoms with Gasteiger partial charge in [-0.2, -0.15) is 0 Å². The quantitative estimate of drug-likeness (QED) is 0.169. The Balaban J connectivity index is 1.09. The van der Waals surface area contributed by atoms with Crippen molar-refractivity contribution in [3.05, 3.63) is 141 Å². The Morgan fingerprint density at radius 1 is 0.646 bits per heavy atom. The zero-order valence-electron chi connectivity index (χ0n) is 29.9. The minimum atomic E-state index is 0.514. The first-order valence-corrected chi connectivity index (χ1v) is 18.0. The normalized spacial score (nSPS) is 15.1. The van der Waals surface area contributed by atoms with Gasteiger partial charge in [-0.15, -0.1) is 0 Å². The Kier molecular flexibility index (Phi) is 9.25. The molecule has 3 heteroatoms.